The van der Waals surface area contributed by atoms with Crippen molar-refractivity contribution in [1.82, 2.24) is 15.5 Å². The third-order valence-electron chi connectivity index (χ3n) is 6.66. The molecule has 2 saturated heterocycles. The van der Waals surface area contributed by atoms with Crippen LogP contribution in [0.15, 0.2) is 23.2 Å². The molecule has 3 rings (SSSR count). The first-order valence-corrected chi connectivity index (χ1v) is 11.7. The number of rotatable bonds is 7. The van der Waals surface area contributed by atoms with Gasteiger partial charge in [0.2, 0.25) is 0 Å². The van der Waals surface area contributed by atoms with Crippen LogP contribution in [-0.2, 0) is 0 Å². The first-order valence-electron chi connectivity index (χ1n) is 11.7. The summed E-state index contributed by atoms with van der Waals surface area (Å²) in [4.78, 5) is 9.49. The Morgan fingerprint density at radius 2 is 1.61 bits per heavy atom. The Labute approximate surface area is 188 Å². The molecule has 0 saturated carbocycles. The van der Waals surface area contributed by atoms with Crippen LogP contribution < -0.4 is 25.0 Å². The van der Waals surface area contributed by atoms with Gasteiger partial charge in [0.15, 0.2) is 5.96 Å². The molecule has 0 unspecified atom stereocenters. The third kappa shape index (κ3) is 6.42. The highest BCUT2D eigenvalue weighted by molar-refractivity contribution is 5.80. The highest BCUT2D eigenvalue weighted by atomic mass is 16.5. The lowest BCUT2D eigenvalue weighted by Crippen LogP contribution is -2.56. The molecular weight excluding hydrogens is 390 g/mol. The zero-order valence-electron chi connectivity index (χ0n) is 20.0. The molecule has 1 aromatic rings. The van der Waals surface area contributed by atoms with Crippen LogP contribution in [0.25, 0.3) is 0 Å². The molecule has 31 heavy (non-hydrogen) atoms. The number of nitrogens with one attached hydrogen (secondary N) is 2. The minimum Gasteiger partial charge on any atom is -0.497 e. The number of guanidine groups is 1. The van der Waals surface area contributed by atoms with Crippen LogP contribution in [-0.4, -0.2) is 76.4 Å². The summed E-state index contributed by atoms with van der Waals surface area (Å²) in [5.41, 5.74) is 1.28. The predicted octanol–water partition coefficient (Wildman–Crippen LogP) is 3.10. The molecule has 7 heteroatoms. The van der Waals surface area contributed by atoms with E-state index in [4.69, 9.17) is 9.47 Å². The molecule has 2 aliphatic heterocycles. The van der Waals surface area contributed by atoms with Crippen molar-refractivity contribution in [2.24, 2.45) is 4.99 Å². The molecule has 2 heterocycles. The van der Waals surface area contributed by atoms with Crippen LogP contribution in [0.5, 0.6) is 11.5 Å². The lowest BCUT2D eigenvalue weighted by molar-refractivity contribution is 0.0981. The van der Waals surface area contributed by atoms with Gasteiger partial charge in [-0.05, 0) is 52.6 Å². The van der Waals surface area contributed by atoms with Crippen LogP contribution in [0.4, 0.5) is 5.69 Å². The van der Waals surface area contributed by atoms with Crippen molar-refractivity contribution in [3.8, 4) is 11.5 Å². The van der Waals surface area contributed by atoms with Crippen molar-refractivity contribution >= 4 is 11.6 Å². The normalized spacial score (nSPS) is 19.3. The van der Waals surface area contributed by atoms with E-state index in [-0.39, 0.29) is 5.54 Å². The number of benzene rings is 1. The lowest BCUT2D eigenvalue weighted by Gasteiger charge is -2.41. The third-order valence-corrected chi connectivity index (χ3v) is 6.66. The molecule has 0 aromatic heterocycles. The van der Waals surface area contributed by atoms with Gasteiger partial charge in [0.05, 0.1) is 14.2 Å². The van der Waals surface area contributed by atoms with E-state index in [1.807, 2.05) is 13.1 Å². The summed E-state index contributed by atoms with van der Waals surface area (Å²) >= 11 is 0. The van der Waals surface area contributed by atoms with Gasteiger partial charge < -0.3 is 25.0 Å². The second-order valence-corrected chi connectivity index (χ2v) is 9.26. The van der Waals surface area contributed by atoms with Gasteiger partial charge in [-0.25, -0.2) is 0 Å². The van der Waals surface area contributed by atoms with Gasteiger partial charge in [-0.1, -0.05) is 6.42 Å². The van der Waals surface area contributed by atoms with Crippen LogP contribution in [0.2, 0.25) is 0 Å². The van der Waals surface area contributed by atoms with Crippen molar-refractivity contribution < 1.29 is 9.47 Å². The highest BCUT2D eigenvalue weighted by Crippen LogP contribution is 2.30. The Hall–Kier alpha value is -2.15. The fourth-order valence-corrected chi connectivity index (χ4v) is 4.56. The van der Waals surface area contributed by atoms with E-state index in [1.54, 1.807) is 14.2 Å². The van der Waals surface area contributed by atoms with Crippen LogP contribution in [0.1, 0.15) is 46.0 Å². The summed E-state index contributed by atoms with van der Waals surface area (Å²) in [6.07, 6.45) is 6.12. The van der Waals surface area contributed by atoms with Crippen LogP contribution in [0, 0.1) is 0 Å². The van der Waals surface area contributed by atoms with Gasteiger partial charge in [0.1, 0.15) is 11.5 Å². The molecule has 0 amide bonds. The summed E-state index contributed by atoms with van der Waals surface area (Å²) in [6, 6.07) is 6.51. The molecule has 7 nitrogen and oxygen atoms in total. The van der Waals surface area contributed by atoms with Crippen LogP contribution >= 0.6 is 0 Å². The van der Waals surface area contributed by atoms with E-state index in [1.165, 1.54) is 32.4 Å². The molecule has 0 radical (unpaired) electrons. The van der Waals surface area contributed by atoms with Crippen molar-refractivity contribution in [1.29, 1.82) is 0 Å². The quantitative estimate of drug-likeness (QED) is 0.511. The molecule has 0 bridgehead atoms. The average Bonchev–Trinajstić information content (AvgIpc) is 2.82. The van der Waals surface area contributed by atoms with E-state index in [0.29, 0.717) is 6.04 Å². The maximum atomic E-state index is 5.43. The number of anilines is 1. The average molecular weight is 432 g/mol. The number of likely N-dealkylation sites (tertiary alicyclic amines) is 1. The van der Waals surface area contributed by atoms with Crippen molar-refractivity contribution in [2.45, 2.75) is 57.5 Å². The van der Waals surface area contributed by atoms with Crippen molar-refractivity contribution in [3.05, 3.63) is 18.2 Å². The standard InChI is InChI=1S/C24H41N5O2/c1-24(2,29-11-7-6-8-12-29)18-26-23(25-3)27-19-9-13-28(14-10-19)20-15-21(30-4)17-22(16-20)31-5/h15-17,19H,6-14,18H2,1-5H3,(H2,25,26,27). The number of hydrogen-bond acceptors (Lipinski definition) is 5. The zero-order valence-corrected chi connectivity index (χ0v) is 20.0. The molecular formula is C24H41N5O2. The first-order chi connectivity index (χ1) is 14.9. The van der Waals surface area contributed by atoms with Gasteiger partial charge in [0, 0.05) is 62.1 Å². The second-order valence-electron chi connectivity index (χ2n) is 9.26. The summed E-state index contributed by atoms with van der Waals surface area (Å²) in [5, 5.41) is 7.22. The summed E-state index contributed by atoms with van der Waals surface area (Å²) < 4.78 is 10.9. The number of ether oxygens (including phenoxy) is 2. The maximum absolute atomic E-state index is 5.43. The Balaban J connectivity index is 1.49. The summed E-state index contributed by atoms with van der Waals surface area (Å²) in [7, 11) is 5.25. The SMILES string of the molecule is CN=C(NCC(C)(C)N1CCCCC1)NC1CCN(c2cc(OC)cc(OC)c2)CC1. The Morgan fingerprint density at radius 1 is 1.00 bits per heavy atom. The number of nitrogens with zero attached hydrogens (tertiary/aromatic N) is 3. The van der Waals surface area contributed by atoms with Crippen molar-refractivity contribution in [2.75, 3.05) is 58.9 Å². The smallest absolute Gasteiger partial charge is 0.191 e. The van der Waals surface area contributed by atoms with E-state index < -0.39 is 0 Å². The first kappa shape index (κ1) is 23.5. The van der Waals surface area contributed by atoms with Gasteiger partial charge in [0.25, 0.3) is 0 Å². The van der Waals surface area contributed by atoms with Gasteiger partial charge in [-0.15, -0.1) is 0 Å². The van der Waals surface area contributed by atoms with E-state index >= 15 is 0 Å². The molecule has 2 N–H and O–H groups in total. The Morgan fingerprint density at radius 3 is 2.16 bits per heavy atom. The van der Waals surface area contributed by atoms with E-state index in [0.717, 1.165) is 55.6 Å². The molecule has 2 aliphatic rings. The second kappa shape index (κ2) is 10.9. The predicted molar refractivity (Wildman–Crippen MR) is 129 cm³/mol. The highest BCUT2D eigenvalue weighted by Gasteiger charge is 2.28. The monoisotopic (exact) mass is 431 g/mol. The fourth-order valence-electron chi connectivity index (χ4n) is 4.56. The number of methoxy groups -OCH3 is 2. The minimum atomic E-state index is 0.132. The summed E-state index contributed by atoms with van der Waals surface area (Å²) in [5.74, 6) is 2.57. The topological polar surface area (TPSA) is 61.4 Å². The molecule has 2 fully saturated rings. The van der Waals surface area contributed by atoms with Crippen LogP contribution in [0.3, 0.4) is 0 Å². The molecule has 0 aliphatic carbocycles. The number of hydrogen-bond donors (Lipinski definition) is 2. The van der Waals surface area contributed by atoms with Gasteiger partial charge in [-0.2, -0.15) is 0 Å². The molecule has 0 atom stereocenters. The van der Waals surface area contributed by atoms with E-state index in [2.05, 4.69) is 51.4 Å². The number of piperidine rings is 2. The van der Waals surface area contributed by atoms with Gasteiger partial charge in [-0.3, -0.25) is 9.89 Å². The largest absolute Gasteiger partial charge is 0.497 e. The molecule has 1 aromatic carbocycles. The van der Waals surface area contributed by atoms with Crippen molar-refractivity contribution in [3.63, 3.8) is 0 Å². The Kier molecular flexibility index (Phi) is 8.29. The fraction of sp³-hybridized carbons (Fsp3) is 0.708. The number of aliphatic imine (C=N–C) groups is 1. The lowest BCUT2D eigenvalue weighted by atomic mass is 9.98. The summed E-state index contributed by atoms with van der Waals surface area (Å²) in [6.45, 7) is 9.95. The maximum Gasteiger partial charge on any atom is 0.191 e. The minimum absolute atomic E-state index is 0.132. The molecule has 0 spiro atoms. The van der Waals surface area contributed by atoms with E-state index in [9.17, 15) is 0 Å². The Bertz CT molecular complexity index is 700. The zero-order chi connectivity index (χ0) is 22.3. The molecule has 174 valence electrons. The van der Waals surface area contributed by atoms with Gasteiger partial charge >= 0.3 is 0 Å².